The third kappa shape index (κ3) is 7.69. The Morgan fingerprint density at radius 3 is 2.07 bits per heavy atom. The van der Waals surface area contributed by atoms with Gasteiger partial charge >= 0.3 is 0 Å². The predicted octanol–water partition coefficient (Wildman–Crippen LogP) is 14.0. The van der Waals surface area contributed by atoms with Crippen molar-refractivity contribution < 1.29 is 31.7 Å². The van der Waals surface area contributed by atoms with Gasteiger partial charge in [-0.3, -0.25) is 9.55 Å². The number of benzene rings is 7. The molecular formula is C54H44N3OPt-. The van der Waals surface area contributed by atoms with Gasteiger partial charge in [0.15, 0.2) is 0 Å². The quantitative estimate of drug-likeness (QED) is 0.154. The molecule has 0 saturated heterocycles. The molecule has 0 saturated carbocycles. The summed E-state index contributed by atoms with van der Waals surface area (Å²) >= 11 is 0. The van der Waals surface area contributed by atoms with Gasteiger partial charge in [0, 0.05) is 44.0 Å². The number of nitrogens with zero attached hydrogens (tertiary/aromatic N) is 3. The van der Waals surface area contributed by atoms with E-state index >= 15 is 0 Å². The Bertz CT molecular complexity index is 3120. The van der Waals surface area contributed by atoms with Crippen molar-refractivity contribution >= 4 is 11.0 Å². The molecule has 2 heterocycles. The van der Waals surface area contributed by atoms with Gasteiger partial charge in [0.25, 0.3) is 0 Å². The summed E-state index contributed by atoms with van der Waals surface area (Å²) in [6.07, 6.45) is 1.77. The fourth-order valence-corrected chi connectivity index (χ4v) is 7.83. The standard InChI is InChI=1S/C54H44N3O.Pt/c1-34(2)41-23-24-50(47(32-41)40-15-10-7-11-16-40)57-51-18-12-17-46(52(51)56-54(57)48-28-36(4)27-37(5)53(48)58)44-29-43(38-13-8-6-9-14-38)30-45(31-44)49-33-42(25-26-55-49)39-21-19-35(3)20-22-39;/h6-30,32-34,58H,1-5H3;/q-1;/i3D3,34D;. The number of hydrogen-bond acceptors (Lipinski definition) is 3. The van der Waals surface area contributed by atoms with Crippen molar-refractivity contribution in [3.63, 3.8) is 0 Å². The van der Waals surface area contributed by atoms with Crippen LogP contribution in [0.2, 0.25) is 0 Å². The molecule has 0 aliphatic carbocycles. The Kier molecular flexibility index (Phi) is 9.69. The molecule has 5 heteroatoms. The second-order valence-corrected chi connectivity index (χ2v) is 15.1. The van der Waals surface area contributed by atoms with Gasteiger partial charge in [-0.05, 0) is 95.9 Å². The minimum Gasteiger partial charge on any atom is -0.507 e. The number of aromatic hydroxyl groups is 1. The first kappa shape index (κ1) is 34.7. The van der Waals surface area contributed by atoms with Crippen molar-refractivity contribution in [1.82, 2.24) is 14.5 Å². The van der Waals surface area contributed by atoms with Gasteiger partial charge in [-0.15, -0.1) is 23.8 Å². The van der Waals surface area contributed by atoms with Crippen LogP contribution in [-0.4, -0.2) is 19.6 Å². The van der Waals surface area contributed by atoms with Crippen LogP contribution in [0.25, 0.3) is 83.9 Å². The van der Waals surface area contributed by atoms with Crippen LogP contribution in [-0.2, 0) is 21.1 Å². The van der Waals surface area contributed by atoms with Crippen LogP contribution < -0.4 is 0 Å². The summed E-state index contributed by atoms with van der Waals surface area (Å²) in [4.78, 5) is 10.3. The molecule has 0 aliphatic rings. The molecule has 0 unspecified atom stereocenters. The molecule has 292 valence electrons. The van der Waals surface area contributed by atoms with Gasteiger partial charge in [0.05, 0.1) is 22.3 Å². The first-order valence-corrected chi connectivity index (χ1v) is 19.5. The van der Waals surface area contributed by atoms with E-state index in [1.54, 1.807) is 18.3 Å². The topological polar surface area (TPSA) is 50.9 Å². The number of rotatable bonds is 8. The minimum absolute atomic E-state index is 0. The molecule has 59 heavy (non-hydrogen) atoms. The van der Waals surface area contributed by atoms with Crippen molar-refractivity contribution in [2.45, 2.75) is 40.4 Å². The maximum Gasteiger partial charge on any atom is 0.148 e. The smallest absolute Gasteiger partial charge is 0.148 e. The van der Waals surface area contributed by atoms with E-state index in [0.29, 0.717) is 22.6 Å². The van der Waals surface area contributed by atoms with Gasteiger partial charge in [-0.2, -0.15) is 0 Å². The van der Waals surface area contributed by atoms with E-state index in [-0.39, 0.29) is 26.8 Å². The van der Waals surface area contributed by atoms with Crippen LogP contribution in [0.1, 0.15) is 47.5 Å². The van der Waals surface area contributed by atoms with Crippen LogP contribution >= 0.6 is 0 Å². The third-order valence-electron chi connectivity index (χ3n) is 10.8. The number of phenols is 1. The van der Waals surface area contributed by atoms with Crippen LogP contribution in [0.5, 0.6) is 5.75 Å². The number of para-hydroxylation sites is 1. The monoisotopic (exact) mass is 949 g/mol. The largest absolute Gasteiger partial charge is 0.507 e. The molecule has 0 radical (unpaired) electrons. The molecule has 2 aromatic heterocycles. The van der Waals surface area contributed by atoms with Gasteiger partial charge in [-0.25, -0.2) is 4.98 Å². The van der Waals surface area contributed by atoms with Gasteiger partial charge in [0.2, 0.25) is 0 Å². The molecule has 4 nitrogen and oxygen atoms in total. The Balaban J connectivity index is 0.00000544. The third-order valence-corrected chi connectivity index (χ3v) is 10.8. The molecule has 0 spiro atoms. The zero-order valence-electron chi connectivity index (χ0n) is 37.2. The summed E-state index contributed by atoms with van der Waals surface area (Å²) in [5.41, 5.74) is 14.9. The molecule has 0 fully saturated rings. The molecule has 0 amide bonds. The van der Waals surface area contributed by atoms with E-state index in [9.17, 15) is 5.11 Å². The summed E-state index contributed by atoms with van der Waals surface area (Å²) < 4.78 is 34.6. The second kappa shape index (κ2) is 16.5. The number of imidazole rings is 1. The average molecular weight is 950 g/mol. The molecule has 7 aromatic carbocycles. The number of fused-ring (bicyclic) bond motifs is 1. The predicted molar refractivity (Wildman–Crippen MR) is 240 cm³/mol. The van der Waals surface area contributed by atoms with Crippen molar-refractivity contribution in [1.29, 1.82) is 0 Å². The molecule has 9 aromatic rings. The minimum atomic E-state index is -2.18. The summed E-state index contributed by atoms with van der Waals surface area (Å²) in [5, 5.41) is 11.8. The van der Waals surface area contributed by atoms with Crippen molar-refractivity contribution in [2.24, 2.45) is 0 Å². The molecule has 0 aliphatic heterocycles. The average Bonchev–Trinajstić information content (AvgIpc) is 3.67. The van der Waals surface area contributed by atoms with E-state index in [1.165, 1.54) is 0 Å². The number of hydrogen-bond donors (Lipinski definition) is 1. The number of pyridine rings is 1. The summed E-state index contributed by atoms with van der Waals surface area (Å²) in [6.45, 7) is 5.54. The Morgan fingerprint density at radius 1 is 0.627 bits per heavy atom. The number of aromatic nitrogens is 3. The molecular weight excluding hydrogens is 902 g/mol. The van der Waals surface area contributed by atoms with E-state index in [0.717, 1.165) is 83.5 Å². The number of aryl methyl sites for hydroxylation is 3. The Labute approximate surface area is 366 Å². The van der Waals surface area contributed by atoms with Crippen LogP contribution in [0.15, 0.2) is 164 Å². The van der Waals surface area contributed by atoms with E-state index < -0.39 is 12.7 Å². The maximum absolute atomic E-state index is 11.8. The summed E-state index contributed by atoms with van der Waals surface area (Å²) in [6, 6.07) is 55.6. The van der Waals surface area contributed by atoms with Crippen LogP contribution in [0.4, 0.5) is 0 Å². The second-order valence-electron chi connectivity index (χ2n) is 15.1. The summed E-state index contributed by atoms with van der Waals surface area (Å²) in [7, 11) is 0. The summed E-state index contributed by atoms with van der Waals surface area (Å²) in [5.74, 6) is -0.0836. The normalized spacial score (nSPS) is 12.6. The van der Waals surface area contributed by atoms with E-state index in [2.05, 4.69) is 71.3 Å². The van der Waals surface area contributed by atoms with E-state index in [4.69, 9.17) is 15.5 Å². The van der Waals surface area contributed by atoms with Crippen molar-refractivity contribution in [3.05, 3.63) is 192 Å². The van der Waals surface area contributed by atoms with Gasteiger partial charge in [0.1, 0.15) is 11.6 Å². The first-order valence-electron chi connectivity index (χ1n) is 21.5. The fourth-order valence-electron chi connectivity index (χ4n) is 7.83. The van der Waals surface area contributed by atoms with Gasteiger partial charge in [-0.1, -0.05) is 151 Å². The molecule has 0 bridgehead atoms. The molecule has 1 N–H and O–H groups in total. The SMILES string of the molecule is [2H]C([2H])([2H])c1ccc(-c2ccnc(-c3[c-]c(-c4cccc5c4nc(-c4cc(C)cc(C)c4O)n5-c4ccc(C([2H])(C)C)cc4-c4ccccc4)cc(-c4ccccc4)c3)c2)cc1.[Pt]. The maximum atomic E-state index is 11.8. The zero-order chi connectivity index (χ0) is 43.3. The van der Waals surface area contributed by atoms with Gasteiger partial charge < -0.3 is 5.11 Å². The van der Waals surface area contributed by atoms with Crippen molar-refractivity contribution in [3.8, 4) is 78.6 Å². The van der Waals surface area contributed by atoms with Crippen LogP contribution in [0, 0.1) is 26.8 Å². The Hall–Kier alpha value is -6.35. The Morgan fingerprint density at radius 2 is 1.34 bits per heavy atom. The molecule has 0 atom stereocenters. The van der Waals surface area contributed by atoms with Crippen molar-refractivity contribution in [2.75, 3.05) is 0 Å². The first-order chi connectivity index (χ1) is 29.7. The van der Waals surface area contributed by atoms with Crippen LogP contribution in [0.3, 0.4) is 0 Å². The number of phenolic OH excluding ortho intramolecular Hbond substituents is 1. The molecule has 9 rings (SSSR count). The van der Waals surface area contributed by atoms with E-state index in [1.807, 2.05) is 113 Å². The fraction of sp³-hybridized carbons (Fsp3) is 0.111. The zero-order valence-corrected chi connectivity index (χ0v) is 35.5.